The smallest absolute Gasteiger partial charge is 0.140 e. The van der Waals surface area contributed by atoms with Crippen molar-refractivity contribution in [3.05, 3.63) is 34.3 Å². The van der Waals surface area contributed by atoms with Crippen LogP contribution in [-0.4, -0.2) is 20.5 Å². The number of aromatic nitrogens is 2. The van der Waals surface area contributed by atoms with Gasteiger partial charge in [0.25, 0.3) is 0 Å². The lowest BCUT2D eigenvalue weighted by Crippen LogP contribution is -2.32. The lowest BCUT2D eigenvalue weighted by atomic mass is 9.84. The van der Waals surface area contributed by atoms with Crippen molar-refractivity contribution in [1.82, 2.24) is 9.78 Å². The second kappa shape index (κ2) is 5.99. The third-order valence-corrected chi connectivity index (χ3v) is 5.08. The molecule has 5 nitrogen and oxygen atoms in total. The van der Waals surface area contributed by atoms with Gasteiger partial charge in [-0.25, -0.2) is 4.68 Å². The molecule has 23 heavy (non-hydrogen) atoms. The van der Waals surface area contributed by atoms with Gasteiger partial charge in [0.2, 0.25) is 0 Å². The van der Waals surface area contributed by atoms with Gasteiger partial charge in [-0.1, -0.05) is 28.1 Å². The molecule has 1 aromatic heterocycles. The first-order valence-corrected chi connectivity index (χ1v) is 8.47. The van der Waals surface area contributed by atoms with Gasteiger partial charge >= 0.3 is 0 Å². The Balaban J connectivity index is 1.97. The molecule has 120 valence electrons. The Morgan fingerprint density at radius 1 is 1.35 bits per heavy atom. The zero-order chi connectivity index (χ0) is 16.6. The van der Waals surface area contributed by atoms with E-state index in [1.807, 2.05) is 31.2 Å². The van der Waals surface area contributed by atoms with E-state index in [9.17, 15) is 10.4 Å². The van der Waals surface area contributed by atoms with Crippen LogP contribution in [0.15, 0.2) is 28.7 Å². The molecule has 1 aromatic carbocycles. The molecule has 0 amide bonds. The van der Waals surface area contributed by atoms with Crippen LogP contribution in [0.4, 0.5) is 5.82 Å². The van der Waals surface area contributed by atoms with E-state index in [1.54, 1.807) is 4.68 Å². The molecule has 1 saturated carbocycles. The van der Waals surface area contributed by atoms with E-state index in [1.165, 1.54) is 0 Å². The van der Waals surface area contributed by atoms with Crippen LogP contribution in [0.2, 0.25) is 0 Å². The number of hydrogen-bond donors (Lipinski definition) is 2. The summed E-state index contributed by atoms with van der Waals surface area (Å²) < 4.78 is 2.74. The van der Waals surface area contributed by atoms with Gasteiger partial charge in [-0.05, 0) is 44.7 Å². The summed E-state index contributed by atoms with van der Waals surface area (Å²) in [5, 5.41) is 24.2. The fourth-order valence-electron chi connectivity index (χ4n) is 3.11. The average Bonchev–Trinajstić information content (AvgIpc) is 2.85. The van der Waals surface area contributed by atoms with Gasteiger partial charge in [0.05, 0.1) is 11.6 Å². The van der Waals surface area contributed by atoms with Crippen molar-refractivity contribution < 1.29 is 5.11 Å². The second-order valence-electron chi connectivity index (χ2n) is 6.40. The lowest BCUT2D eigenvalue weighted by molar-refractivity contribution is 0.00881. The van der Waals surface area contributed by atoms with Gasteiger partial charge in [-0.2, -0.15) is 10.4 Å². The van der Waals surface area contributed by atoms with Crippen molar-refractivity contribution in [3.63, 3.8) is 0 Å². The summed E-state index contributed by atoms with van der Waals surface area (Å²) in [6.07, 6.45) is 3.05. The summed E-state index contributed by atoms with van der Waals surface area (Å²) in [7, 11) is 0. The summed E-state index contributed by atoms with van der Waals surface area (Å²) in [5.41, 5.74) is 7.49. The molecule has 0 unspecified atom stereocenters. The molecule has 1 aliphatic carbocycles. The van der Waals surface area contributed by atoms with Gasteiger partial charge in [0, 0.05) is 10.0 Å². The summed E-state index contributed by atoms with van der Waals surface area (Å²) in [4.78, 5) is 0. The van der Waals surface area contributed by atoms with E-state index < -0.39 is 5.60 Å². The first-order valence-electron chi connectivity index (χ1n) is 7.68. The van der Waals surface area contributed by atoms with Crippen LogP contribution in [0.25, 0.3) is 11.3 Å². The number of benzene rings is 1. The van der Waals surface area contributed by atoms with Crippen molar-refractivity contribution in [2.75, 3.05) is 5.73 Å². The van der Waals surface area contributed by atoms with Crippen LogP contribution in [0.3, 0.4) is 0 Å². The van der Waals surface area contributed by atoms with E-state index in [2.05, 4.69) is 27.1 Å². The maximum atomic E-state index is 10.1. The molecule has 0 aliphatic heterocycles. The molecule has 0 saturated heterocycles. The molecule has 0 spiro atoms. The van der Waals surface area contributed by atoms with E-state index in [0.29, 0.717) is 29.9 Å². The molecule has 3 rings (SSSR count). The Hall–Kier alpha value is -1.84. The van der Waals surface area contributed by atoms with Crippen molar-refractivity contribution in [1.29, 1.82) is 5.26 Å². The number of rotatable bonds is 2. The van der Waals surface area contributed by atoms with Gasteiger partial charge in [0.1, 0.15) is 23.1 Å². The van der Waals surface area contributed by atoms with E-state index >= 15 is 0 Å². The first-order chi connectivity index (χ1) is 10.9. The minimum absolute atomic E-state index is 0.131. The number of anilines is 1. The SMILES string of the molecule is CC1(O)CCC(n2nc(-c3ccc(Br)cc3)c(C#N)c2N)CC1. The molecule has 2 aromatic rings. The van der Waals surface area contributed by atoms with Gasteiger partial charge in [-0.3, -0.25) is 0 Å². The van der Waals surface area contributed by atoms with Crippen LogP contribution >= 0.6 is 15.9 Å². The molecule has 1 aliphatic rings. The summed E-state index contributed by atoms with van der Waals surface area (Å²) >= 11 is 3.41. The second-order valence-corrected chi connectivity index (χ2v) is 7.32. The fourth-order valence-corrected chi connectivity index (χ4v) is 3.38. The zero-order valence-corrected chi connectivity index (χ0v) is 14.5. The molecular formula is C17H19BrN4O. The molecule has 0 radical (unpaired) electrons. The Morgan fingerprint density at radius 3 is 2.52 bits per heavy atom. The van der Waals surface area contributed by atoms with E-state index in [-0.39, 0.29) is 6.04 Å². The van der Waals surface area contributed by atoms with Crippen LogP contribution < -0.4 is 5.73 Å². The van der Waals surface area contributed by atoms with Crippen molar-refractivity contribution in [3.8, 4) is 17.3 Å². The van der Waals surface area contributed by atoms with Gasteiger partial charge < -0.3 is 10.8 Å². The molecule has 1 fully saturated rings. The Kier molecular flexibility index (Phi) is 4.17. The van der Waals surface area contributed by atoms with Crippen LogP contribution in [0, 0.1) is 11.3 Å². The molecule has 0 bridgehead atoms. The monoisotopic (exact) mass is 374 g/mol. The largest absolute Gasteiger partial charge is 0.390 e. The number of nitriles is 1. The first kappa shape index (κ1) is 16.0. The third-order valence-electron chi connectivity index (χ3n) is 4.56. The predicted octanol–water partition coefficient (Wildman–Crippen LogP) is 3.63. The number of hydrogen-bond acceptors (Lipinski definition) is 4. The van der Waals surface area contributed by atoms with Gasteiger partial charge in [-0.15, -0.1) is 0 Å². The third kappa shape index (κ3) is 3.12. The summed E-state index contributed by atoms with van der Waals surface area (Å²) in [6, 6.07) is 9.99. The zero-order valence-electron chi connectivity index (χ0n) is 13.0. The quantitative estimate of drug-likeness (QED) is 0.839. The molecular weight excluding hydrogens is 356 g/mol. The van der Waals surface area contributed by atoms with Crippen molar-refractivity contribution >= 4 is 21.7 Å². The highest BCUT2D eigenvalue weighted by molar-refractivity contribution is 9.10. The maximum Gasteiger partial charge on any atom is 0.140 e. The predicted molar refractivity (Wildman–Crippen MR) is 92.6 cm³/mol. The Bertz CT molecular complexity index is 748. The standard InChI is InChI=1S/C17H19BrN4O/c1-17(23)8-6-13(7-9-17)22-16(20)14(10-19)15(21-22)11-2-4-12(18)5-3-11/h2-5,13,23H,6-9,20H2,1H3. The Morgan fingerprint density at radius 2 is 1.96 bits per heavy atom. The summed E-state index contributed by atoms with van der Waals surface area (Å²) in [5.74, 6) is 0.414. The highest BCUT2D eigenvalue weighted by Crippen LogP contribution is 2.38. The molecule has 0 atom stereocenters. The molecule has 6 heteroatoms. The number of nitrogens with two attached hydrogens (primary N) is 1. The topological polar surface area (TPSA) is 87.9 Å². The average molecular weight is 375 g/mol. The van der Waals surface area contributed by atoms with Crippen LogP contribution in [-0.2, 0) is 0 Å². The van der Waals surface area contributed by atoms with Gasteiger partial charge in [0.15, 0.2) is 0 Å². The number of nitrogens with zero attached hydrogens (tertiary/aromatic N) is 3. The highest BCUT2D eigenvalue weighted by Gasteiger charge is 2.31. The summed E-state index contributed by atoms with van der Waals surface area (Å²) in [6.45, 7) is 1.86. The minimum Gasteiger partial charge on any atom is -0.390 e. The Labute approximate surface area is 143 Å². The number of aliphatic hydroxyl groups is 1. The maximum absolute atomic E-state index is 10.1. The normalized spacial score (nSPS) is 24.3. The van der Waals surface area contributed by atoms with E-state index in [0.717, 1.165) is 22.9 Å². The van der Waals surface area contributed by atoms with Crippen molar-refractivity contribution in [2.45, 2.75) is 44.2 Å². The van der Waals surface area contributed by atoms with Crippen LogP contribution in [0.5, 0.6) is 0 Å². The number of halogens is 1. The van der Waals surface area contributed by atoms with Crippen molar-refractivity contribution in [2.24, 2.45) is 0 Å². The van der Waals surface area contributed by atoms with Crippen LogP contribution in [0.1, 0.15) is 44.2 Å². The fraction of sp³-hybridized carbons (Fsp3) is 0.412. The highest BCUT2D eigenvalue weighted by atomic mass is 79.9. The molecule has 1 heterocycles. The van der Waals surface area contributed by atoms with E-state index in [4.69, 9.17) is 5.73 Å². The lowest BCUT2D eigenvalue weighted by Gasteiger charge is -2.33. The minimum atomic E-state index is -0.606. The molecule has 3 N–H and O–H groups in total. The number of nitrogen functional groups attached to an aromatic ring is 1.